The molecule has 2 aliphatic rings. The first-order valence-electron chi connectivity index (χ1n) is 6.56. The molecular weight excluding hydrogens is 276 g/mol. The predicted octanol–water partition coefficient (Wildman–Crippen LogP) is 4.34. The summed E-state index contributed by atoms with van der Waals surface area (Å²) >= 11 is 3.59. The molecule has 2 rings (SSSR count). The van der Waals surface area contributed by atoms with Crippen LogP contribution in [0.1, 0.15) is 34.1 Å². The standard InChI is InChI=1S/C15H23BrO/c1-10(2)12-7-11(9-16)8-13-14(12)17-6-5-15(13,3)4/h7-8,10,12,14H,5-6,9H2,1-4H3. The number of alkyl halides is 1. The van der Waals surface area contributed by atoms with Crippen molar-refractivity contribution >= 4 is 15.9 Å². The van der Waals surface area contributed by atoms with Gasteiger partial charge in [0.2, 0.25) is 0 Å². The minimum absolute atomic E-state index is 0.289. The van der Waals surface area contributed by atoms with Gasteiger partial charge in [0.05, 0.1) is 6.10 Å². The van der Waals surface area contributed by atoms with E-state index in [2.05, 4.69) is 55.8 Å². The molecule has 1 saturated heterocycles. The third-order valence-corrected chi connectivity index (χ3v) is 4.78. The highest BCUT2D eigenvalue weighted by molar-refractivity contribution is 9.09. The van der Waals surface area contributed by atoms with Crippen LogP contribution in [0.15, 0.2) is 23.3 Å². The molecule has 0 saturated carbocycles. The summed E-state index contributed by atoms with van der Waals surface area (Å²) in [7, 11) is 0. The van der Waals surface area contributed by atoms with Crippen molar-refractivity contribution in [1.29, 1.82) is 0 Å². The number of rotatable bonds is 2. The van der Waals surface area contributed by atoms with Crippen LogP contribution in [-0.2, 0) is 4.74 Å². The summed E-state index contributed by atoms with van der Waals surface area (Å²) < 4.78 is 6.06. The minimum atomic E-state index is 0.289. The molecule has 0 amide bonds. The molecule has 1 fully saturated rings. The van der Waals surface area contributed by atoms with E-state index in [0.29, 0.717) is 17.9 Å². The Hall–Kier alpha value is -0.0800. The second kappa shape index (κ2) is 4.89. The Morgan fingerprint density at radius 3 is 2.76 bits per heavy atom. The van der Waals surface area contributed by atoms with Crippen molar-refractivity contribution < 1.29 is 4.74 Å². The SMILES string of the molecule is CC(C)C1C=C(CBr)C=C2C1OCCC2(C)C. The third-order valence-electron chi connectivity index (χ3n) is 4.13. The Kier molecular flexibility index (Phi) is 3.84. The van der Waals surface area contributed by atoms with Crippen LogP contribution in [0.5, 0.6) is 0 Å². The second-order valence-electron chi connectivity index (χ2n) is 6.22. The van der Waals surface area contributed by atoms with Gasteiger partial charge in [-0.15, -0.1) is 0 Å². The van der Waals surface area contributed by atoms with Gasteiger partial charge in [0, 0.05) is 17.9 Å². The summed E-state index contributed by atoms with van der Waals surface area (Å²) in [5.41, 5.74) is 3.20. The lowest BCUT2D eigenvalue weighted by Crippen LogP contribution is -2.41. The molecule has 0 radical (unpaired) electrons. The summed E-state index contributed by atoms with van der Waals surface area (Å²) in [6, 6.07) is 0. The van der Waals surface area contributed by atoms with Gasteiger partial charge in [0.1, 0.15) is 0 Å². The molecule has 0 aromatic rings. The van der Waals surface area contributed by atoms with Gasteiger partial charge in [-0.3, -0.25) is 0 Å². The minimum Gasteiger partial charge on any atom is -0.373 e. The first-order valence-corrected chi connectivity index (χ1v) is 7.68. The number of fused-ring (bicyclic) bond motifs is 1. The number of hydrogen-bond donors (Lipinski definition) is 0. The fourth-order valence-electron chi connectivity index (χ4n) is 2.86. The van der Waals surface area contributed by atoms with E-state index in [1.807, 2.05) is 0 Å². The maximum atomic E-state index is 6.06. The number of allylic oxidation sites excluding steroid dienone is 2. The monoisotopic (exact) mass is 298 g/mol. The van der Waals surface area contributed by atoms with Crippen molar-refractivity contribution in [2.75, 3.05) is 11.9 Å². The van der Waals surface area contributed by atoms with Gasteiger partial charge in [0.15, 0.2) is 0 Å². The van der Waals surface area contributed by atoms with E-state index in [9.17, 15) is 0 Å². The summed E-state index contributed by atoms with van der Waals surface area (Å²) in [4.78, 5) is 0. The fraction of sp³-hybridized carbons (Fsp3) is 0.733. The highest BCUT2D eigenvalue weighted by atomic mass is 79.9. The van der Waals surface area contributed by atoms with Gasteiger partial charge in [-0.25, -0.2) is 0 Å². The molecule has 0 N–H and O–H groups in total. The average Bonchev–Trinajstić information content (AvgIpc) is 2.27. The molecule has 0 spiro atoms. The van der Waals surface area contributed by atoms with E-state index < -0.39 is 0 Å². The zero-order valence-corrected chi connectivity index (χ0v) is 12.9. The highest BCUT2D eigenvalue weighted by Gasteiger charge is 2.40. The fourth-order valence-corrected chi connectivity index (χ4v) is 3.21. The van der Waals surface area contributed by atoms with E-state index in [1.54, 1.807) is 0 Å². The van der Waals surface area contributed by atoms with Crippen molar-refractivity contribution in [3.05, 3.63) is 23.3 Å². The highest BCUT2D eigenvalue weighted by Crippen LogP contribution is 2.45. The molecule has 0 bridgehead atoms. The lowest BCUT2D eigenvalue weighted by molar-refractivity contribution is -0.0185. The van der Waals surface area contributed by atoms with Crippen LogP contribution in [0.25, 0.3) is 0 Å². The van der Waals surface area contributed by atoms with E-state index >= 15 is 0 Å². The van der Waals surface area contributed by atoms with Crippen molar-refractivity contribution in [3.8, 4) is 0 Å². The molecule has 2 unspecified atom stereocenters. The van der Waals surface area contributed by atoms with Crippen LogP contribution in [0.3, 0.4) is 0 Å². The molecule has 0 aromatic heterocycles. The Morgan fingerprint density at radius 1 is 1.47 bits per heavy atom. The van der Waals surface area contributed by atoms with Gasteiger partial charge in [-0.1, -0.05) is 55.8 Å². The van der Waals surface area contributed by atoms with Crippen LogP contribution in [0.4, 0.5) is 0 Å². The van der Waals surface area contributed by atoms with E-state index in [-0.39, 0.29) is 5.41 Å². The van der Waals surface area contributed by atoms with Crippen molar-refractivity contribution in [2.24, 2.45) is 17.3 Å². The Bertz CT molecular complexity index is 352. The van der Waals surface area contributed by atoms with Crippen LogP contribution < -0.4 is 0 Å². The van der Waals surface area contributed by atoms with Crippen LogP contribution in [-0.4, -0.2) is 18.0 Å². The first-order chi connectivity index (χ1) is 7.95. The maximum absolute atomic E-state index is 6.06. The molecule has 2 atom stereocenters. The molecule has 1 heterocycles. The van der Waals surface area contributed by atoms with Gasteiger partial charge in [-0.05, 0) is 28.9 Å². The van der Waals surface area contributed by atoms with Crippen LogP contribution in [0.2, 0.25) is 0 Å². The molecule has 2 heteroatoms. The number of hydrogen-bond acceptors (Lipinski definition) is 1. The summed E-state index contributed by atoms with van der Waals surface area (Å²) in [6.45, 7) is 10.2. The van der Waals surface area contributed by atoms with Crippen molar-refractivity contribution in [3.63, 3.8) is 0 Å². The van der Waals surface area contributed by atoms with Gasteiger partial charge < -0.3 is 4.74 Å². The normalized spacial score (nSPS) is 31.9. The quantitative estimate of drug-likeness (QED) is 0.689. The zero-order valence-electron chi connectivity index (χ0n) is 11.3. The van der Waals surface area contributed by atoms with Crippen molar-refractivity contribution in [2.45, 2.75) is 40.2 Å². The Morgan fingerprint density at radius 2 is 2.18 bits per heavy atom. The molecular formula is C15H23BrO. The lowest BCUT2D eigenvalue weighted by Gasteiger charge is -2.44. The number of ether oxygens (including phenoxy) is 1. The van der Waals surface area contributed by atoms with E-state index in [4.69, 9.17) is 4.74 Å². The van der Waals surface area contributed by atoms with E-state index in [1.165, 1.54) is 11.1 Å². The molecule has 96 valence electrons. The summed E-state index contributed by atoms with van der Waals surface area (Å²) in [6.07, 6.45) is 6.20. The third kappa shape index (κ3) is 2.53. The van der Waals surface area contributed by atoms with Gasteiger partial charge in [0.25, 0.3) is 0 Å². The smallest absolute Gasteiger partial charge is 0.0858 e. The zero-order chi connectivity index (χ0) is 12.6. The molecule has 17 heavy (non-hydrogen) atoms. The first kappa shape index (κ1) is 13.4. The largest absolute Gasteiger partial charge is 0.373 e. The summed E-state index contributed by atoms with van der Waals surface area (Å²) in [5.74, 6) is 1.16. The number of halogens is 1. The molecule has 1 nitrogen and oxygen atoms in total. The lowest BCUT2D eigenvalue weighted by atomic mass is 9.69. The van der Waals surface area contributed by atoms with Crippen molar-refractivity contribution in [1.82, 2.24) is 0 Å². The molecule has 0 aromatic carbocycles. The second-order valence-corrected chi connectivity index (χ2v) is 6.78. The Balaban J connectivity index is 2.38. The van der Waals surface area contributed by atoms with Crippen LogP contribution >= 0.6 is 15.9 Å². The van der Waals surface area contributed by atoms with Crippen LogP contribution in [0, 0.1) is 17.3 Å². The average molecular weight is 299 g/mol. The van der Waals surface area contributed by atoms with Gasteiger partial charge in [-0.2, -0.15) is 0 Å². The molecule has 1 aliphatic heterocycles. The van der Waals surface area contributed by atoms with E-state index in [0.717, 1.165) is 18.4 Å². The Labute approximate surface area is 113 Å². The topological polar surface area (TPSA) is 9.23 Å². The summed E-state index contributed by atoms with van der Waals surface area (Å²) in [5, 5.41) is 0.947. The van der Waals surface area contributed by atoms with Gasteiger partial charge >= 0.3 is 0 Å². The maximum Gasteiger partial charge on any atom is 0.0858 e. The predicted molar refractivity (Wildman–Crippen MR) is 76.4 cm³/mol. The molecule has 1 aliphatic carbocycles.